The van der Waals surface area contributed by atoms with Crippen molar-refractivity contribution in [3.63, 3.8) is 0 Å². The van der Waals surface area contributed by atoms with Gasteiger partial charge in [-0.2, -0.15) is 0 Å². The molecule has 0 spiro atoms. The van der Waals surface area contributed by atoms with E-state index in [2.05, 4.69) is 32.6 Å². The standard InChI is InChI=1S/C11H23NO2/c1-9(13)6-12-7-10(2,3)14-11(4,5)8-12/h9,13H,6-8H2,1-5H3. The maximum Gasteiger partial charge on any atom is 0.0760 e. The number of aliphatic hydroxyl groups is 1. The van der Waals surface area contributed by atoms with Crippen molar-refractivity contribution in [2.24, 2.45) is 0 Å². The van der Waals surface area contributed by atoms with Crippen LogP contribution < -0.4 is 0 Å². The Balaban J connectivity index is 2.62. The molecule has 1 atom stereocenters. The summed E-state index contributed by atoms with van der Waals surface area (Å²) < 4.78 is 5.95. The van der Waals surface area contributed by atoms with Gasteiger partial charge in [-0.25, -0.2) is 0 Å². The van der Waals surface area contributed by atoms with Gasteiger partial charge >= 0.3 is 0 Å². The third kappa shape index (κ3) is 3.56. The molecule has 0 aromatic carbocycles. The Kier molecular flexibility index (Phi) is 3.24. The van der Waals surface area contributed by atoms with Crippen molar-refractivity contribution in [2.75, 3.05) is 19.6 Å². The minimum atomic E-state index is -0.264. The van der Waals surface area contributed by atoms with Gasteiger partial charge in [0.25, 0.3) is 0 Å². The number of β-amino-alcohol motifs (C(OH)–C–C–N with tert-alkyl or cyclic N) is 1. The van der Waals surface area contributed by atoms with Gasteiger partial charge in [-0.3, -0.25) is 4.90 Å². The van der Waals surface area contributed by atoms with Crippen LogP contribution in [0.15, 0.2) is 0 Å². The lowest BCUT2D eigenvalue weighted by Crippen LogP contribution is -2.58. The molecule has 1 N–H and O–H groups in total. The highest BCUT2D eigenvalue weighted by Crippen LogP contribution is 2.27. The van der Waals surface area contributed by atoms with E-state index in [0.29, 0.717) is 0 Å². The van der Waals surface area contributed by atoms with Gasteiger partial charge in [0.15, 0.2) is 0 Å². The van der Waals surface area contributed by atoms with Crippen LogP contribution >= 0.6 is 0 Å². The van der Waals surface area contributed by atoms with Crippen LogP contribution in [-0.2, 0) is 4.74 Å². The fourth-order valence-corrected chi connectivity index (χ4v) is 2.45. The summed E-state index contributed by atoms with van der Waals surface area (Å²) in [4.78, 5) is 2.27. The van der Waals surface area contributed by atoms with Crippen molar-refractivity contribution >= 4 is 0 Å². The quantitative estimate of drug-likeness (QED) is 0.730. The molecule has 0 aliphatic carbocycles. The van der Waals surface area contributed by atoms with Crippen molar-refractivity contribution < 1.29 is 9.84 Å². The summed E-state index contributed by atoms with van der Waals surface area (Å²) in [7, 11) is 0. The number of aliphatic hydroxyl groups excluding tert-OH is 1. The van der Waals surface area contributed by atoms with E-state index in [1.807, 2.05) is 6.92 Å². The van der Waals surface area contributed by atoms with Crippen LogP contribution in [0.2, 0.25) is 0 Å². The maximum absolute atomic E-state index is 9.36. The molecule has 1 rings (SSSR count). The first-order valence-electron chi connectivity index (χ1n) is 5.31. The monoisotopic (exact) mass is 201 g/mol. The van der Waals surface area contributed by atoms with Gasteiger partial charge in [-0.05, 0) is 34.6 Å². The molecule has 0 saturated carbocycles. The van der Waals surface area contributed by atoms with E-state index in [4.69, 9.17) is 4.74 Å². The summed E-state index contributed by atoms with van der Waals surface area (Å²) in [5.74, 6) is 0. The van der Waals surface area contributed by atoms with Crippen LogP contribution in [0.5, 0.6) is 0 Å². The number of rotatable bonds is 2. The van der Waals surface area contributed by atoms with Crippen LogP contribution in [0.4, 0.5) is 0 Å². The molecule has 1 heterocycles. The Morgan fingerprint density at radius 1 is 1.21 bits per heavy atom. The fraction of sp³-hybridized carbons (Fsp3) is 1.00. The molecule has 14 heavy (non-hydrogen) atoms. The average Bonchev–Trinajstić information content (AvgIpc) is 1.74. The van der Waals surface area contributed by atoms with Crippen LogP contribution in [0.25, 0.3) is 0 Å². The maximum atomic E-state index is 9.36. The van der Waals surface area contributed by atoms with E-state index in [-0.39, 0.29) is 17.3 Å². The van der Waals surface area contributed by atoms with Gasteiger partial charge in [0, 0.05) is 19.6 Å². The van der Waals surface area contributed by atoms with E-state index in [0.717, 1.165) is 19.6 Å². The first-order valence-corrected chi connectivity index (χ1v) is 5.31. The zero-order chi connectivity index (χ0) is 11.0. The van der Waals surface area contributed by atoms with Gasteiger partial charge in [0.05, 0.1) is 17.3 Å². The van der Waals surface area contributed by atoms with Crippen LogP contribution in [0.3, 0.4) is 0 Å². The van der Waals surface area contributed by atoms with Crippen molar-refractivity contribution in [1.29, 1.82) is 0 Å². The molecular weight excluding hydrogens is 178 g/mol. The summed E-state index contributed by atoms with van der Waals surface area (Å²) in [6, 6.07) is 0. The van der Waals surface area contributed by atoms with Gasteiger partial charge < -0.3 is 9.84 Å². The van der Waals surface area contributed by atoms with E-state index in [1.54, 1.807) is 0 Å². The van der Waals surface area contributed by atoms with Gasteiger partial charge in [-0.1, -0.05) is 0 Å². The first kappa shape index (κ1) is 12.0. The zero-order valence-electron chi connectivity index (χ0n) is 10.0. The second kappa shape index (κ2) is 3.80. The van der Waals surface area contributed by atoms with E-state index < -0.39 is 0 Å². The molecule has 84 valence electrons. The summed E-state index contributed by atoms with van der Waals surface area (Å²) in [5, 5.41) is 9.36. The van der Waals surface area contributed by atoms with Gasteiger partial charge in [0.1, 0.15) is 0 Å². The number of hydrogen-bond acceptors (Lipinski definition) is 3. The van der Waals surface area contributed by atoms with Crippen LogP contribution in [0, 0.1) is 0 Å². The van der Waals surface area contributed by atoms with Crippen molar-refractivity contribution in [1.82, 2.24) is 4.90 Å². The topological polar surface area (TPSA) is 32.7 Å². The predicted octanol–water partition coefficient (Wildman–Crippen LogP) is 1.26. The molecule has 0 amide bonds. The SMILES string of the molecule is CC(O)CN1CC(C)(C)OC(C)(C)C1. The molecule has 1 aliphatic rings. The smallest absolute Gasteiger partial charge is 0.0760 e. The molecule has 0 radical (unpaired) electrons. The normalized spacial score (nSPS) is 28.7. The lowest BCUT2D eigenvalue weighted by Gasteiger charge is -2.47. The Hall–Kier alpha value is -0.120. The van der Waals surface area contributed by atoms with Crippen LogP contribution in [0.1, 0.15) is 34.6 Å². The van der Waals surface area contributed by atoms with Crippen molar-refractivity contribution in [3.8, 4) is 0 Å². The molecule has 1 aliphatic heterocycles. The zero-order valence-corrected chi connectivity index (χ0v) is 10.0. The van der Waals surface area contributed by atoms with Crippen molar-refractivity contribution in [3.05, 3.63) is 0 Å². The number of hydrogen-bond donors (Lipinski definition) is 1. The van der Waals surface area contributed by atoms with Crippen LogP contribution in [-0.4, -0.2) is 46.9 Å². The Labute approximate surface area is 87.1 Å². The third-order valence-corrected chi connectivity index (χ3v) is 2.28. The fourth-order valence-electron chi connectivity index (χ4n) is 2.45. The molecule has 1 fully saturated rings. The molecule has 1 unspecified atom stereocenters. The number of nitrogens with zero attached hydrogens (tertiary/aromatic N) is 1. The average molecular weight is 201 g/mol. The second-order valence-corrected chi connectivity index (χ2v) is 5.64. The summed E-state index contributed by atoms with van der Waals surface area (Å²) in [6.07, 6.45) is -0.264. The largest absolute Gasteiger partial charge is 0.392 e. The molecule has 0 aromatic rings. The highest BCUT2D eigenvalue weighted by atomic mass is 16.5. The highest BCUT2D eigenvalue weighted by Gasteiger charge is 2.38. The molecule has 0 aromatic heterocycles. The van der Waals surface area contributed by atoms with E-state index in [1.165, 1.54) is 0 Å². The molecule has 1 saturated heterocycles. The predicted molar refractivity (Wildman–Crippen MR) is 57.4 cm³/mol. The van der Waals surface area contributed by atoms with Crippen molar-refractivity contribution in [2.45, 2.75) is 51.9 Å². The van der Waals surface area contributed by atoms with Gasteiger partial charge in [0.2, 0.25) is 0 Å². The molecular formula is C11H23NO2. The van der Waals surface area contributed by atoms with E-state index >= 15 is 0 Å². The minimum Gasteiger partial charge on any atom is -0.392 e. The second-order valence-electron chi connectivity index (χ2n) is 5.64. The van der Waals surface area contributed by atoms with E-state index in [9.17, 15) is 5.11 Å². The lowest BCUT2D eigenvalue weighted by atomic mass is 9.99. The molecule has 3 nitrogen and oxygen atoms in total. The number of ether oxygens (including phenoxy) is 1. The molecule has 0 bridgehead atoms. The summed E-state index contributed by atoms with van der Waals surface area (Å²) >= 11 is 0. The summed E-state index contributed by atoms with van der Waals surface area (Å²) in [6.45, 7) is 12.7. The lowest BCUT2D eigenvalue weighted by molar-refractivity contribution is -0.183. The highest BCUT2D eigenvalue weighted by molar-refractivity contribution is 4.89. The minimum absolute atomic E-state index is 0.114. The summed E-state index contributed by atoms with van der Waals surface area (Å²) in [5.41, 5.74) is -0.229. The molecule has 3 heteroatoms. The third-order valence-electron chi connectivity index (χ3n) is 2.28. The Morgan fingerprint density at radius 3 is 2.00 bits per heavy atom. The Morgan fingerprint density at radius 2 is 1.64 bits per heavy atom. The van der Waals surface area contributed by atoms with Gasteiger partial charge in [-0.15, -0.1) is 0 Å². The number of morpholine rings is 1. The first-order chi connectivity index (χ1) is 6.20. The Bertz CT molecular complexity index is 183.